The average molecular weight is 693 g/mol. The molecule has 2 saturated heterocycles. The zero-order chi connectivity index (χ0) is 35.9. The minimum Gasteiger partial charge on any atom is -0.493 e. The van der Waals surface area contributed by atoms with E-state index in [1.807, 2.05) is 26.0 Å². The van der Waals surface area contributed by atoms with Crippen LogP contribution in [0, 0.1) is 17.0 Å². The minimum absolute atomic E-state index is 0.0628. The van der Waals surface area contributed by atoms with Crippen LogP contribution in [0.3, 0.4) is 0 Å². The molecule has 49 heavy (non-hydrogen) atoms. The lowest BCUT2D eigenvalue weighted by molar-refractivity contribution is -0.304. The lowest BCUT2D eigenvalue weighted by Crippen LogP contribution is -2.41. The van der Waals surface area contributed by atoms with Crippen molar-refractivity contribution >= 4 is 23.5 Å². The number of ether oxygens (including phenoxy) is 3. The van der Waals surface area contributed by atoms with E-state index < -0.39 is 29.9 Å². The Kier molecular flexibility index (Phi) is 11.9. The Morgan fingerprint density at radius 1 is 0.918 bits per heavy atom. The highest BCUT2D eigenvalue weighted by Gasteiger charge is 2.45. The van der Waals surface area contributed by atoms with Crippen LogP contribution in [-0.2, 0) is 20.9 Å². The molecule has 2 aliphatic rings. The van der Waals surface area contributed by atoms with Gasteiger partial charge in [-0.3, -0.25) is 14.5 Å². The van der Waals surface area contributed by atoms with Gasteiger partial charge >= 0.3 is 18.3 Å². The summed E-state index contributed by atoms with van der Waals surface area (Å²) in [5.41, 5.74) is 2.45. The third kappa shape index (κ3) is 9.68. The third-order valence-electron chi connectivity index (χ3n) is 8.26. The van der Waals surface area contributed by atoms with E-state index >= 15 is 0 Å². The van der Waals surface area contributed by atoms with Crippen molar-refractivity contribution in [3.8, 4) is 22.6 Å². The van der Waals surface area contributed by atoms with E-state index in [0.717, 1.165) is 43.2 Å². The van der Waals surface area contributed by atoms with Crippen LogP contribution in [0.25, 0.3) is 11.1 Å². The van der Waals surface area contributed by atoms with Crippen LogP contribution in [0.2, 0.25) is 0 Å². The number of hydrogen-bond acceptors (Lipinski definition) is 7. The van der Waals surface area contributed by atoms with Crippen molar-refractivity contribution in [2.75, 3.05) is 37.7 Å². The molecule has 2 heterocycles. The fourth-order valence-corrected chi connectivity index (χ4v) is 6.09. The number of alkyl halides is 3. The van der Waals surface area contributed by atoms with E-state index in [0.29, 0.717) is 56.7 Å². The lowest BCUT2D eigenvalue weighted by Gasteiger charge is -2.39. The number of amides is 1. The first-order valence-electron chi connectivity index (χ1n) is 15.6. The first-order chi connectivity index (χ1) is 23.1. The Hall–Kier alpha value is -4.72. The number of carbonyl (C=O) groups excluding carboxylic acids is 2. The molecule has 0 aliphatic carbocycles. The average Bonchev–Trinajstić information content (AvgIpc) is 3.33. The zero-order valence-corrected chi connectivity index (χ0v) is 27.2. The standard InChI is InChI=1S/C32H34F2N2O5.C3H3F3O2/c1-3-40-27-15-21(16-28(41-4-2)30(27)25-10-7-23(33)17-26(25)34)19-35-13-11-32(12-14-35)18-29(37)36(20-32)24-8-5-22(6-9-24)31(38)39;1-2(7)8-3(4,5)6/h5-10,15-17H,3-4,11-14,18-20H2,1-2H3,(H,38,39);1H3. The summed E-state index contributed by atoms with van der Waals surface area (Å²) in [5.74, 6) is -2.64. The lowest BCUT2D eigenvalue weighted by atomic mass is 9.77. The number of carboxylic acids is 1. The van der Waals surface area contributed by atoms with Gasteiger partial charge in [-0.25, -0.2) is 13.6 Å². The molecule has 0 aromatic heterocycles. The van der Waals surface area contributed by atoms with Gasteiger partial charge in [0.1, 0.15) is 23.1 Å². The first-order valence-corrected chi connectivity index (χ1v) is 15.6. The van der Waals surface area contributed by atoms with Gasteiger partial charge in [0.25, 0.3) is 0 Å². The predicted molar refractivity (Wildman–Crippen MR) is 169 cm³/mol. The SMILES string of the molecule is CC(=O)OC(F)(F)F.CCOc1cc(CN2CCC3(CC2)CC(=O)N(c2ccc(C(=O)O)cc2)C3)cc(OCC)c1-c1ccc(F)cc1F. The van der Waals surface area contributed by atoms with Crippen LogP contribution < -0.4 is 14.4 Å². The summed E-state index contributed by atoms with van der Waals surface area (Å²) < 4.78 is 75.6. The number of carbonyl (C=O) groups is 3. The molecule has 1 spiro atoms. The summed E-state index contributed by atoms with van der Waals surface area (Å²) in [4.78, 5) is 37.8. The van der Waals surface area contributed by atoms with Crippen molar-refractivity contribution < 1.29 is 55.7 Å². The fraction of sp³-hybridized carbons (Fsp3) is 0.400. The number of carboxylic acid groups (broad SMARTS) is 1. The van der Waals surface area contributed by atoms with Gasteiger partial charge in [-0.15, -0.1) is 13.2 Å². The van der Waals surface area contributed by atoms with Gasteiger partial charge in [-0.1, -0.05) is 0 Å². The van der Waals surface area contributed by atoms with Crippen LogP contribution in [0.5, 0.6) is 11.5 Å². The van der Waals surface area contributed by atoms with Gasteiger partial charge in [0.15, 0.2) is 0 Å². The van der Waals surface area contributed by atoms with Gasteiger partial charge < -0.3 is 24.2 Å². The number of likely N-dealkylation sites (tertiary alicyclic amines) is 1. The molecular formula is C35H37F5N2O7. The molecule has 1 N–H and O–H groups in total. The van der Waals surface area contributed by atoms with Crippen molar-refractivity contribution in [3.63, 3.8) is 0 Å². The van der Waals surface area contributed by atoms with Crippen LogP contribution in [0.4, 0.5) is 27.6 Å². The molecule has 14 heteroatoms. The Labute approximate surface area is 280 Å². The number of benzene rings is 3. The van der Waals surface area contributed by atoms with Crippen LogP contribution >= 0.6 is 0 Å². The minimum atomic E-state index is -4.83. The molecule has 3 aromatic rings. The topological polar surface area (TPSA) is 106 Å². The van der Waals surface area contributed by atoms with Gasteiger partial charge in [-0.05, 0) is 99.3 Å². The molecule has 0 atom stereocenters. The highest BCUT2D eigenvalue weighted by molar-refractivity contribution is 5.97. The second kappa shape index (κ2) is 15.7. The largest absolute Gasteiger partial charge is 0.575 e. The number of nitrogens with zero attached hydrogens (tertiary/aromatic N) is 2. The highest BCUT2D eigenvalue weighted by atomic mass is 19.4. The van der Waals surface area contributed by atoms with E-state index in [4.69, 9.17) is 14.6 Å². The van der Waals surface area contributed by atoms with E-state index in [1.165, 1.54) is 24.3 Å². The number of esters is 1. The normalized spacial score (nSPS) is 15.8. The second-order valence-corrected chi connectivity index (χ2v) is 11.8. The molecule has 3 aromatic carbocycles. The predicted octanol–water partition coefficient (Wildman–Crippen LogP) is 7.22. The van der Waals surface area contributed by atoms with Crippen molar-refractivity contribution in [3.05, 3.63) is 77.4 Å². The van der Waals surface area contributed by atoms with Gasteiger partial charge in [-0.2, -0.15) is 0 Å². The summed E-state index contributed by atoms with van der Waals surface area (Å²) in [6.07, 6.45) is -2.63. The molecule has 0 radical (unpaired) electrons. The molecule has 264 valence electrons. The molecule has 9 nitrogen and oxygen atoms in total. The molecular weight excluding hydrogens is 655 g/mol. The number of piperidine rings is 1. The van der Waals surface area contributed by atoms with Crippen molar-refractivity contribution in [1.82, 2.24) is 4.90 Å². The van der Waals surface area contributed by atoms with Gasteiger partial charge in [0.2, 0.25) is 5.91 Å². The number of halogens is 5. The monoisotopic (exact) mass is 692 g/mol. The van der Waals surface area contributed by atoms with E-state index in [9.17, 15) is 36.3 Å². The number of anilines is 1. The third-order valence-corrected chi connectivity index (χ3v) is 8.26. The molecule has 0 saturated carbocycles. The van der Waals surface area contributed by atoms with Crippen LogP contribution in [0.1, 0.15) is 56.0 Å². The Morgan fingerprint density at radius 2 is 1.51 bits per heavy atom. The summed E-state index contributed by atoms with van der Waals surface area (Å²) in [6.45, 7) is 8.02. The summed E-state index contributed by atoms with van der Waals surface area (Å²) in [5, 5.41) is 9.17. The zero-order valence-electron chi connectivity index (χ0n) is 27.2. The van der Waals surface area contributed by atoms with Crippen LogP contribution in [-0.4, -0.2) is 67.1 Å². The quantitative estimate of drug-likeness (QED) is 0.185. The smallest absolute Gasteiger partial charge is 0.493 e. The van der Waals surface area contributed by atoms with Crippen LogP contribution in [0.15, 0.2) is 54.6 Å². The van der Waals surface area contributed by atoms with Gasteiger partial charge in [0.05, 0.1) is 24.3 Å². The number of rotatable bonds is 9. The van der Waals surface area contributed by atoms with Crippen molar-refractivity contribution in [2.24, 2.45) is 5.41 Å². The van der Waals surface area contributed by atoms with E-state index in [1.54, 1.807) is 17.0 Å². The van der Waals surface area contributed by atoms with Crippen molar-refractivity contribution in [2.45, 2.75) is 52.9 Å². The molecule has 5 rings (SSSR count). The van der Waals surface area contributed by atoms with Gasteiger partial charge in [0, 0.05) is 43.8 Å². The first kappa shape index (κ1) is 37.1. The number of aromatic carboxylic acids is 1. The maximum absolute atomic E-state index is 14.8. The molecule has 0 unspecified atom stereocenters. The summed E-state index contributed by atoms with van der Waals surface area (Å²) >= 11 is 0. The maximum Gasteiger partial charge on any atom is 0.575 e. The summed E-state index contributed by atoms with van der Waals surface area (Å²) in [7, 11) is 0. The summed E-state index contributed by atoms with van der Waals surface area (Å²) in [6, 6.07) is 13.7. The number of hydrogen-bond donors (Lipinski definition) is 1. The Morgan fingerprint density at radius 3 is 1.98 bits per heavy atom. The highest BCUT2D eigenvalue weighted by Crippen LogP contribution is 2.44. The maximum atomic E-state index is 14.8. The molecule has 0 bridgehead atoms. The second-order valence-electron chi connectivity index (χ2n) is 11.8. The van der Waals surface area contributed by atoms with E-state index in [2.05, 4.69) is 9.64 Å². The Bertz CT molecular complexity index is 1630. The van der Waals surface area contributed by atoms with E-state index in [-0.39, 0.29) is 22.4 Å². The molecule has 1 amide bonds. The molecule has 2 aliphatic heterocycles. The molecule has 2 fully saturated rings. The Balaban J connectivity index is 0.000000603. The van der Waals surface area contributed by atoms with Crippen molar-refractivity contribution in [1.29, 1.82) is 0 Å². The fourth-order valence-electron chi connectivity index (χ4n) is 6.09.